The van der Waals surface area contributed by atoms with E-state index in [2.05, 4.69) is 0 Å². The number of rotatable bonds is 10. The highest BCUT2D eigenvalue weighted by atomic mass is 16.7. The van der Waals surface area contributed by atoms with Gasteiger partial charge in [0.25, 0.3) is 0 Å². The molecular formula is C24H27BO10. The number of hydrogen-bond acceptors (Lipinski definition) is 9. The third-order valence-corrected chi connectivity index (χ3v) is 4.79. The quantitative estimate of drug-likeness (QED) is 0.395. The minimum atomic E-state index is -1.99. The molecule has 1 N–H and O–H groups in total. The molecule has 2 atom stereocenters. The van der Waals surface area contributed by atoms with Crippen LogP contribution in [0.5, 0.6) is 17.2 Å². The summed E-state index contributed by atoms with van der Waals surface area (Å²) in [4.78, 5) is 37.8. The number of hydrogen-bond donors (Lipinski definition) is 1. The van der Waals surface area contributed by atoms with Crippen LogP contribution >= 0.6 is 0 Å². The van der Waals surface area contributed by atoms with Crippen molar-refractivity contribution < 1.29 is 47.7 Å². The average molecular weight is 486 g/mol. The Bertz CT molecular complexity index is 1060. The zero-order chi connectivity index (χ0) is 25.7. The van der Waals surface area contributed by atoms with Crippen LogP contribution in [0.4, 0.5) is 0 Å². The number of carboxylic acid groups (broad SMARTS) is 1. The van der Waals surface area contributed by atoms with E-state index in [-0.39, 0.29) is 29.3 Å². The Morgan fingerprint density at radius 3 is 2.06 bits per heavy atom. The zero-order valence-corrected chi connectivity index (χ0v) is 20.0. The zero-order valence-electron chi connectivity index (χ0n) is 20.0. The molecule has 1 aliphatic rings. The minimum Gasteiger partial charge on any atom is -0.504 e. The van der Waals surface area contributed by atoms with E-state index in [1.54, 1.807) is 58.0 Å². The lowest BCUT2D eigenvalue weighted by molar-refractivity contribution is -0.158. The maximum Gasteiger partial charge on any atom is 0.569 e. The Morgan fingerprint density at radius 2 is 1.51 bits per heavy atom. The van der Waals surface area contributed by atoms with Gasteiger partial charge in [-0.1, -0.05) is 24.3 Å². The monoisotopic (exact) mass is 486 g/mol. The van der Waals surface area contributed by atoms with Crippen LogP contribution in [-0.4, -0.2) is 61.7 Å². The van der Waals surface area contributed by atoms with Gasteiger partial charge in [-0.05, 0) is 45.9 Å². The summed E-state index contributed by atoms with van der Waals surface area (Å²) < 4.78 is 32.8. The van der Waals surface area contributed by atoms with Crippen LogP contribution in [0, 0.1) is 0 Å². The molecule has 2 aromatic rings. The molecule has 2 aromatic carbocycles. The van der Waals surface area contributed by atoms with Gasteiger partial charge in [-0.15, -0.1) is 0 Å². The van der Waals surface area contributed by atoms with Gasteiger partial charge in [0.1, 0.15) is 22.8 Å². The molecule has 186 valence electrons. The highest BCUT2D eigenvalue weighted by molar-refractivity contribution is 6.65. The highest BCUT2D eigenvalue weighted by Gasteiger charge is 2.50. The van der Waals surface area contributed by atoms with Crippen LogP contribution in [0.25, 0.3) is 0 Å². The smallest absolute Gasteiger partial charge is 0.504 e. The van der Waals surface area contributed by atoms with Gasteiger partial charge in [0, 0.05) is 5.46 Å². The van der Waals surface area contributed by atoms with Crippen LogP contribution in [-0.2, 0) is 23.6 Å². The summed E-state index contributed by atoms with van der Waals surface area (Å²) in [5.41, 5.74) is 0.276. The van der Waals surface area contributed by atoms with Crippen LogP contribution in [0.2, 0.25) is 0 Å². The lowest BCUT2D eigenvalue weighted by atomic mass is 9.78. The van der Waals surface area contributed by atoms with E-state index in [1.807, 2.05) is 0 Å². The number of aliphatic carboxylic acids is 1. The number of carboxylic acids is 1. The fraction of sp³-hybridized carbons (Fsp3) is 0.375. The number of benzene rings is 2. The fourth-order valence-corrected chi connectivity index (χ4v) is 3.41. The van der Waals surface area contributed by atoms with Gasteiger partial charge in [-0.2, -0.15) is 0 Å². The van der Waals surface area contributed by atoms with Crippen LogP contribution in [0.1, 0.15) is 38.1 Å². The van der Waals surface area contributed by atoms with Crippen LogP contribution in [0.3, 0.4) is 0 Å². The molecular weight excluding hydrogens is 459 g/mol. The molecule has 0 spiro atoms. The SMILES string of the molecule is COc1ccccc1B1OC(=O)[C@@H]([C@@H](OC(=O)c2c(OC(C)C)cccc2OC(C)C)C(=O)O)O1. The van der Waals surface area contributed by atoms with E-state index in [1.165, 1.54) is 19.2 Å². The van der Waals surface area contributed by atoms with Crippen molar-refractivity contribution in [3.8, 4) is 17.2 Å². The Morgan fingerprint density at radius 1 is 0.943 bits per heavy atom. The third kappa shape index (κ3) is 6.05. The van der Waals surface area contributed by atoms with E-state index >= 15 is 0 Å². The van der Waals surface area contributed by atoms with E-state index in [4.69, 9.17) is 28.3 Å². The molecule has 0 aromatic heterocycles. The van der Waals surface area contributed by atoms with Gasteiger partial charge < -0.3 is 33.4 Å². The van der Waals surface area contributed by atoms with Crippen LogP contribution < -0.4 is 19.7 Å². The Hall–Kier alpha value is -3.73. The van der Waals surface area contributed by atoms with Crippen molar-refractivity contribution in [2.45, 2.75) is 52.1 Å². The van der Waals surface area contributed by atoms with Gasteiger partial charge in [0.2, 0.25) is 6.10 Å². The molecule has 11 heteroatoms. The predicted molar refractivity (Wildman–Crippen MR) is 124 cm³/mol. The number of para-hydroxylation sites is 1. The number of carbonyl (C=O) groups is 3. The summed E-state index contributed by atoms with van der Waals surface area (Å²) in [6.07, 6.45) is -4.28. The fourth-order valence-electron chi connectivity index (χ4n) is 3.41. The number of ether oxygens (including phenoxy) is 4. The third-order valence-electron chi connectivity index (χ3n) is 4.79. The molecule has 1 saturated heterocycles. The van der Waals surface area contributed by atoms with E-state index in [0.29, 0.717) is 11.2 Å². The van der Waals surface area contributed by atoms with Gasteiger partial charge in [0.15, 0.2) is 6.10 Å². The normalized spacial score (nSPS) is 16.1. The van der Waals surface area contributed by atoms with E-state index in [9.17, 15) is 19.5 Å². The standard InChI is InChI=1S/C24H27BO10/c1-13(2)31-17-11-8-12-18(32-14(3)4)19(17)23(28)33-20(22(26)27)21-24(29)35-25(34-21)15-9-6-7-10-16(15)30-5/h6-14,20-21H,1-5H3,(H,26,27)/t20-,21-/m1/s1. The van der Waals surface area contributed by atoms with Gasteiger partial charge in [-0.25, -0.2) is 9.59 Å². The molecule has 0 unspecified atom stereocenters. The van der Waals surface area contributed by atoms with Crippen LogP contribution in [0.15, 0.2) is 42.5 Å². The molecule has 1 heterocycles. The highest BCUT2D eigenvalue weighted by Crippen LogP contribution is 2.32. The molecule has 1 aliphatic heterocycles. The first-order valence-corrected chi connectivity index (χ1v) is 11.0. The first kappa shape index (κ1) is 25.9. The lowest BCUT2D eigenvalue weighted by Crippen LogP contribution is -2.43. The number of methoxy groups -OCH3 is 1. The first-order chi connectivity index (χ1) is 16.6. The minimum absolute atomic E-state index is 0.103. The maximum absolute atomic E-state index is 13.2. The number of esters is 1. The van der Waals surface area contributed by atoms with Crippen molar-refractivity contribution in [1.82, 2.24) is 0 Å². The van der Waals surface area contributed by atoms with E-state index < -0.39 is 37.2 Å². The summed E-state index contributed by atoms with van der Waals surface area (Å²) in [5.74, 6) is -2.96. The molecule has 0 bridgehead atoms. The van der Waals surface area contributed by atoms with Crippen molar-refractivity contribution in [2.75, 3.05) is 7.11 Å². The summed E-state index contributed by atoms with van der Waals surface area (Å²) in [6, 6.07) is 11.3. The summed E-state index contributed by atoms with van der Waals surface area (Å²) in [6.45, 7) is 7.08. The maximum atomic E-state index is 13.2. The van der Waals surface area contributed by atoms with Crippen molar-refractivity contribution >= 4 is 30.5 Å². The molecule has 3 rings (SSSR count). The molecule has 0 amide bonds. The van der Waals surface area contributed by atoms with Crippen molar-refractivity contribution in [2.24, 2.45) is 0 Å². The average Bonchev–Trinajstić information content (AvgIpc) is 3.17. The lowest BCUT2D eigenvalue weighted by Gasteiger charge is -2.21. The van der Waals surface area contributed by atoms with E-state index in [0.717, 1.165) is 0 Å². The van der Waals surface area contributed by atoms with Gasteiger partial charge in [-0.3, -0.25) is 4.79 Å². The molecule has 0 aliphatic carbocycles. The van der Waals surface area contributed by atoms with Gasteiger partial charge in [0.05, 0.1) is 19.3 Å². The summed E-state index contributed by atoms with van der Waals surface area (Å²) in [7, 11) is 0.197. The first-order valence-electron chi connectivity index (χ1n) is 11.0. The molecule has 0 radical (unpaired) electrons. The number of carbonyl (C=O) groups excluding carboxylic acids is 2. The second-order valence-electron chi connectivity index (χ2n) is 8.19. The second-order valence-corrected chi connectivity index (χ2v) is 8.19. The van der Waals surface area contributed by atoms with Crippen molar-refractivity contribution in [1.29, 1.82) is 0 Å². The molecule has 35 heavy (non-hydrogen) atoms. The molecule has 0 saturated carbocycles. The van der Waals surface area contributed by atoms with Crippen molar-refractivity contribution in [3.05, 3.63) is 48.0 Å². The summed E-state index contributed by atoms with van der Waals surface area (Å²) in [5, 5.41) is 9.78. The second kappa shape index (κ2) is 11.1. The predicted octanol–water partition coefficient (Wildman–Crippen LogP) is 2.22. The Balaban J connectivity index is 1.89. The topological polar surface area (TPSA) is 127 Å². The largest absolute Gasteiger partial charge is 0.569 e. The Labute approximate surface area is 203 Å². The Kier molecular flexibility index (Phi) is 8.24. The van der Waals surface area contributed by atoms with Crippen molar-refractivity contribution in [3.63, 3.8) is 0 Å². The molecule has 1 fully saturated rings. The summed E-state index contributed by atoms with van der Waals surface area (Å²) >= 11 is 0. The molecule has 10 nitrogen and oxygen atoms in total. The van der Waals surface area contributed by atoms with Gasteiger partial charge >= 0.3 is 25.0 Å².